The van der Waals surface area contributed by atoms with Crippen molar-refractivity contribution in [2.75, 3.05) is 14.2 Å². The van der Waals surface area contributed by atoms with Crippen molar-refractivity contribution >= 4 is 27.3 Å². The van der Waals surface area contributed by atoms with Crippen LogP contribution in [0.5, 0.6) is 0 Å². The molecule has 0 saturated heterocycles. The van der Waals surface area contributed by atoms with Crippen LogP contribution in [-0.2, 0) is 11.3 Å². The van der Waals surface area contributed by atoms with Gasteiger partial charge in [0.2, 0.25) is 0 Å². The van der Waals surface area contributed by atoms with Gasteiger partial charge in [-0.1, -0.05) is 13.0 Å². The molecule has 5 heteroatoms. The highest BCUT2D eigenvalue weighted by molar-refractivity contribution is 7.21. The summed E-state index contributed by atoms with van der Waals surface area (Å²) < 4.78 is 20.1. The zero-order chi connectivity index (χ0) is 15.6. The topological polar surface area (TPSA) is 29.5 Å². The molecule has 0 fully saturated rings. The van der Waals surface area contributed by atoms with Crippen molar-refractivity contribution in [3.05, 3.63) is 34.5 Å². The van der Waals surface area contributed by atoms with Crippen molar-refractivity contribution < 1.29 is 13.9 Å². The number of benzene rings is 1. The van der Waals surface area contributed by atoms with Gasteiger partial charge in [0.15, 0.2) is 0 Å². The fourth-order valence-corrected chi connectivity index (χ4v) is 3.46. The number of carbonyl (C=O) groups excluding carboxylic acids is 1. The van der Waals surface area contributed by atoms with Gasteiger partial charge >= 0.3 is 0 Å². The van der Waals surface area contributed by atoms with Gasteiger partial charge in [0.05, 0.1) is 11.5 Å². The monoisotopic (exact) mass is 309 g/mol. The second kappa shape index (κ2) is 6.54. The summed E-state index contributed by atoms with van der Waals surface area (Å²) in [5, 5.41) is 0.505. The van der Waals surface area contributed by atoms with Crippen molar-refractivity contribution in [1.29, 1.82) is 0 Å². The van der Waals surface area contributed by atoms with Gasteiger partial charge in [-0.3, -0.25) is 4.79 Å². The van der Waals surface area contributed by atoms with Crippen molar-refractivity contribution in [2.45, 2.75) is 32.9 Å². The van der Waals surface area contributed by atoms with Crippen LogP contribution in [-0.4, -0.2) is 31.0 Å². The molecule has 1 aromatic carbocycles. The van der Waals surface area contributed by atoms with Crippen LogP contribution in [0.3, 0.4) is 0 Å². The Morgan fingerprint density at radius 3 is 2.81 bits per heavy atom. The van der Waals surface area contributed by atoms with Crippen molar-refractivity contribution in [2.24, 2.45) is 0 Å². The zero-order valence-electron chi connectivity index (χ0n) is 12.8. The Morgan fingerprint density at radius 1 is 1.48 bits per heavy atom. The van der Waals surface area contributed by atoms with E-state index in [1.807, 2.05) is 19.9 Å². The molecule has 1 aromatic heterocycles. The van der Waals surface area contributed by atoms with Gasteiger partial charge in [0.1, 0.15) is 5.82 Å². The van der Waals surface area contributed by atoms with Gasteiger partial charge in [-0.05, 0) is 25.5 Å². The van der Waals surface area contributed by atoms with E-state index in [2.05, 4.69) is 0 Å². The summed E-state index contributed by atoms with van der Waals surface area (Å²) in [5.41, 5.74) is 0.649. The molecule has 1 amide bonds. The second-order valence-electron chi connectivity index (χ2n) is 5.13. The first-order chi connectivity index (χ1) is 10.0. The van der Waals surface area contributed by atoms with Crippen LogP contribution in [0.4, 0.5) is 4.39 Å². The lowest BCUT2D eigenvalue weighted by Crippen LogP contribution is -2.34. The Morgan fingerprint density at radius 2 is 2.19 bits per heavy atom. The van der Waals surface area contributed by atoms with Gasteiger partial charge in [-0.25, -0.2) is 4.39 Å². The van der Waals surface area contributed by atoms with Crippen molar-refractivity contribution in [1.82, 2.24) is 4.90 Å². The Labute approximate surface area is 128 Å². The Balaban J connectivity index is 2.55. The van der Waals surface area contributed by atoms with Gasteiger partial charge in [0, 0.05) is 35.8 Å². The number of amides is 1. The van der Waals surface area contributed by atoms with E-state index in [0.29, 0.717) is 15.8 Å². The molecular weight excluding hydrogens is 289 g/mol. The predicted octanol–water partition coefficient (Wildman–Crippen LogP) is 4.06. The Kier molecular flexibility index (Phi) is 4.96. The number of halogens is 1. The molecule has 0 aliphatic rings. The minimum absolute atomic E-state index is 0.0722. The third-order valence-corrected chi connectivity index (χ3v) is 5.00. The molecule has 0 aliphatic heterocycles. The number of methoxy groups -OCH3 is 1. The van der Waals surface area contributed by atoms with Crippen LogP contribution in [0, 0.1) is 5.82 Å². The van der Waals surface area contributed by atoms with Crippen LogP contribution in [0.25, 0.3) is 10.1 Å². The summed E-state index contributed by atoms with van der Waals surface area (Å²) in [6.45, 7) is 4.27. The van der Waals surface area contributed by atoms with Gasteiger partial charge < -0.3 is 9.64 Å². The maximum absolute atomic E-state index is 14.1. The maximum Gasteiger partial charge on any atom is 0.264 e. The van der Waals surface area contributed by atoms with E-state index in [0.717, 1.165) is 11.1 Å². The van der Waals surface area contributed by atoms with Crippen LogP contribution < -0.4 is 0 Å². The average Bonchev–Trinajstić information content (AvgIpc) is 2.85. The smallest absolute Gasteiger partial charge is 0.264 e. The number of thiophene rings is 1. The molecule has 2 aromatic rings. The van der Waals surface area contributed by atoms with Crippen LogP contribution in [0.2, 0.25) is 0 Å². The van der Waals surface area contributed by atoms with Gasteiger partial charge in [-0.2, -0.15) is 0 Å². The Bertz CT molecular complexity index is 653. The summed E-state index contributed by atoms with van der Waals surface area (Å²) >= 11 is 1.33. The number of hydrogen-bond acceptors (Lipinski definition) is 3. The number of carbonyl (C=O) groups is 1. The summed E-state index contributed by atoms with van der Waals surface area (Å²) in [6, 6.07) is 5.06. The number of ether oxygens (including phenoxy) is 1. The van der Waals surface area contributed by atoms with E-state index < -0.39 is 0 Å². The first-order valence-corrected chi connectivity index (χ1v) is 7.78. The van der Waals surface area contributed by atoms with Gasteiger partial charge in [-0.15, -0.1) is 11.3 Å². The van der Waals surface area contributed by atoms with E-state index in [1.165, 1.54) is 17.4 Å². The van der Waals surface area contributed by atoms with E-state index in [9.17, 15) is 9.18 Å². The first kappa shape index (κ1) is 15.9. The lowest BCUT2D eigenvalue weighted by atomic mass is 10.1. The van der Waals surface area contributed by atoms with E-state index >= 15 is 0 Å². The molecule has 1 heterocycles. The van der Waals surface area contributed by atoms with Crippen molar-refractivity contribution in [3.8, 4) is 0 Å². The predicted molar refractivity (Wildman–Crippen MR) is 84.3 cm³/mol. The number of nitrogens with zero attached hydrogens (tertiary/aromatic N) is 1. The zero-order valence-corrected chi connectivity index (χ0v) is 13.6. The molecule has 0 aliphatic carbocycles. The van der Waals surface area contributed by atoms with Crippen LogP contribution >= 0.6 is 11.3 Å². The molecule has 114 valence electrons. The molecule has 0 saturated carbocycles. The quantitative estimate of drug-likeness (QED) is 0.833. The first-order valence-electron chi connectivity index (χ1n) is 6.97. The molecule has 0 bridgehead atoms. The molecule has 0 radical (unpaired) electrons. The molecule has 1 atom stereocenters. The molecule has 0 N–H and O–H groups in total. The second-order valence-corrected chi connectivity index (χ2v) is 6.18. The minimum Gasteiger partial charge on any atom is -0.380 e. The average molecular weight is 309 g/mol. The molecular formula is C16H20FNO2S. The fourth-order valence-electron chi connectivity index (χ4n) is 2.26. The van der Waals surface area contributed by atoms with Crippen LogP contribution in [0.15, 0.2) is 18.2 Å². The number of rotatable bonds is 5. The normalized spacial score (nSPS) is 12.6. The molecule has 3 nitrogen and oxygen atoms in total. The summed E-state index contributed by atoms with van der Waals surface area (Å²) in [6.07, 6.45) is 0.876. The lowest BCUT2D eigenvalue weighted by Gasteiger charge is -2.23. The molecule has 0 spiro atoms. The van der Waals surface area contributed by atoms with Gasteiger partial charge in [0.25, 0.3) is 5.91 Å². The standard InChI is InChI=1S/C16H20FNO2S/c1-5-10(2)18(3)16(19)15-11(9-20-4)14-12(17)7-6-8-13(14)21-15/h6-8,10H,5,9H2,1-4H3. The van der Waals surface area contributed by atoms with E-state index in [-0.39, 0.29) is 24.4 Å². The summed E-state index contributed by atoms with van der Waals surface area (Å²) in [4.78, 5) is 15.0. The molecule has 1 unspecified atom stereocenters. The summed E-state index contributed by atoms with van der Waals surface area (Å²) in [5.74, 6) is -0.377. The highest BCUT2D eigenvalue weighted by Gasteiger charge is 2.24. The molecule has 21 heavy (non-hydrogen) atoms. The SMILES string of the molecule is CCC(C)N(C)C(=O)c1sc2cccc(F)c2c1COC. The third kappa shape index (κ3) is 2.94. The lowest BCUT2D eigenvalue weighted by molar-refractivity contribution is 0.0741. The maximum atomic E-state index is 14.1. The Hall–Kier alpha value is -1.46. The number of fused-ring (bicyclic) bond motifs is 1. The highest BCUT2D eigenvalue weighted by Crippen LogP contribution is 2.34. The summed E-state index contributed by atoms with van der Waals surface area (Å²) in [7, 11) is 3.34. The fraction of sp³-hybridized carbons (Fsp3) is 0.438. The highest BCUT2D eigenvalue weighted by atomic mass is 32.1. The third-order valence-electron chi connectivity index (χ3n) is 3.82. The van der Waals surface area contributed by atoms with Crippen LogP contribution in [0.1, 0.15) is 35.5 Å². The number of hydrogen-bond donors (Lipinski definition) is 0. The van der Waals surface area contributed by atoms with E-state index in [4.69, 9.17) is 4.74 Å². The van der Waals surface area contributed by atoms with Crippen molar-refractivity contribution in [3.63, 3.8) is 0 Å². The minimum atomic E-state index is -0.305. The molecule has 2 rings (SSSR count). The largest absolute Gasteiger partial charge is 0.380 e. The van der Waals surface area contributed by atoms with E-state index in [1.54, 1.807) is 25.1 Å².